The average molecular weight is 240 g/mol. The van der Waals surface area contributed by atoms with Gasteiger partial charge in [0.25, 0.3) is 0 Å². The number of hydrogen-bond acceptors (Lipinski definition) is 4. The fraction of sp³-hybridized carbons (Fsp3) is 0.417. The number of aliphatic carboxylic acids is 1. The Hall–Kier alpha value is -1.59. The van der Waals surface area contributed by atoms with E-state index in [0.717, 1.165) is 5.56 Å². The van der Waals surface area contributed by atoms with E-state index < -0.39 is 12.1 Å². The summed E-state index contributed by atoms with van der Waals surface area (Å²) in [6, 6.07) is 6.93. The standard InChI is InChI=1S/C12H16O5/c1-16-8-11(12(14)15)17-10-4-2-9(3-5-10)6-7-13/h2-5,11,13H,6-8H2,1H3,(H,14,15). The largest absolute Gasteiger partial charge is 0.478 e. The van der Waals surface area contributed by atoms with E-state index >= 15 is 0 Å². The molecule has 17 heavy (non-hydrogen) atoms. The summed E-state index contributed by atoms with van der Waals surface area (Å²) < 4.78 is 10.0. The Bertz CT molecular complexity index is 346. The molecule has 0 radical (unpaired) electrons. The second-order valence-electron chi connectivity index (χ2n) is 3.52. The van der Waals surface area contributed by atoms with Crippen molar-refractivity contribution >= 4 is 5.97 Å². The number of aliphatic hydroxyl groups excluding tert-OH is 1. The number of carboxylic acids is 1. The quantitative estimate of drug-likeness (QED) is 0.733. The first-order valence-corrected chi connectivity index (χ1v) is 5.25. The van der Waals surface area contributed by atoms with Gasteiger partial charge in [-0.1, -0.05) is 12.1 Å². The number of methoxy groups -OCH3 is 1. The Morgan fingerprint density at radius 3 is 2.47 bits per heavy atom. The summed E-state index contributed by atoms with van der Waals surface area (Å²) in [6.07, 6.45) is -0.440. The fourth-order valence-corrected chi connectivity index (χ4v) is 1.34. The maximum atomic E-state index is 10.8. The number of benzene rings is 1. The SMILES string of the molecule is COCC(Oc1ccc(CCO)cc1)C(=O)O. The molecule has 0 aliphatic carbocycles. The number of aliphatic hydroxyl groups is 1. The van der Waals surface area contributed by atoms with E-state index in [0.29, 0.717) is 12.2 Å². The summed E-state index contributed by atoms with van der Waals surface area (Å²) in [7, 11) is 1.42. The Morgan fingerprint density at radius 1 is 1.35 bits per heavy atom. The highest BCUT2D eigenvalue weighted by atomic mass is 16.5. The minimum absolute atomic E-state index is 0.00623. The van der Waals surface area contributed by atoms with Crippen LogP contribution in [0.3, 0.4) is 0 Å². The minimum atomic E-state index is -1.06. The van der Waals surface area contributed by atoms with E-state index in [1.54, 1.807) is 24.3 Å². The van der Waals surface area contributed by atoms with Crippen molar-refractivity contribution < 1.29 is 24.5 Å². The lowest BCUT2D eigenvalue weighted by Crippen LogP contribution is -2.31. The molecule has 0 heterocycles. The van der Waals surface area contributed by atoms with E-state index in [9.17, 15) is 4.79 Å². The molecule has 5 heteroatoms. The summed E-state index contributed by atoms with van der Waals surface area (Å²) in [6.45, 7) is 0.0787. The molecule has 1 unspecified atom stereocenters. The van der Waals surface area contributed by atoms with Crippen LogP contribution in [0.2, 0.25) is 0 Å². The van der Waals surface area contributed by atoms with Crippen molar-refractivity contribution in [1.29, 1.82) is 0 Å². The molecule has 1 rings (SSSR count). The van der Waals surface area contributed by atoms with Crippen LogP contribution in [-0.4, -0.2) is 42.6 Å². The number of carbonyl (C=O) groups is 1. The summed E-state index contributed by atoms with van der Waals surface area (Å²) in [5.74, 6) is -0.595. The minimum Gasteiger partial charge on any atom is -0.478 e. The van der Waals surface area contributed by atoms with Gasteiger partial charge in [-0.2, -0.15) is 0 Å². The van der Waals surface area contributed by atoms with Gasteiger partial charge in [0, 0.05) is 13.7 Å². The first kappa shape index (κ1) is 13.5. The van der Waals surface area contributed by atoms with E-state index in [1.165, 1.54) is 7.11 Å². The summed E-state index contributed by atoms with van der Waals surface area (Å²) >= 11 is 0. The predicted molar refractivity (Wildman–Crippen MR) is 61.2 cm³/mol. The molecule has 0 saturated carbocycles. The number of ether oxygens (including phenoxy) is 2. The number of carboxylic acid groups (broad SMARTS) is 1. The van der Waals surface area contributed by atoms with Gasteiger partial charge in [0.1, 0.15) is 5.75 Å². The van der Waals surface area contributed by atoms with Crippen molar-refractivity contribution in [2.75, 3.05) is 20.3 Å². The lowest BCUT2D eigenvalue weighted by molar-refractivity contribution is -0.147. The van der Waals surface area contributed by atoms with Crippen LogP contribution in [0, 0.1) is 0 Å². The van der Waals surface area contributed by atoms with Gasteiger partial charge in [0.15, 0.2) is 0 Å². The van der Waals surface area contributed by atoms with Crippen molar-refractivity contribution in [3.05, 3.63) is 29.8 Å². The van der Waals surface area contributed by atoms with Crippen LogP contribution in [0.15, 0.2) is 24.3 Å². The third kappa shape index (κ3) is 4.42. The highest BCUT2D eigenvalue weighted by Crippen LogP contribution is 2.14. The van der Waals surface area contributed by atoms with Crippen LogP contribution < -0.4 is 4.74 Å². The van der Waals surface area contributed by atoms with Gasteiger partial charge in [-0.05, 0) is 24.1 Å². The normalized spacial score (nSPS) is 12.1. The third-order valence-electron chi connectivity index (χ3n) is 2.20. The van der Waals surface area contributed by atoms with Crippen LogP contribution in [0.5, 0.6) is 5.75 Å². The van der Waals surface area contributed by atoms with Crippen molar-refractivity contribution in [3.8, 4) is 5.75 Å². The second-order valence-corrected chi connectivity index (χ2v) is 3.52. The monoisotopic (exact) mass is 240 g/mol. The topological polar surface area (TPSA) is 76.0 Å². The lowest BCUT2D eigenvalue weighted by atomic mass is 10.1. The molecule has 0 bridgehead atoms. The molecule has 0 fully saturated rings. The Morgan fingerprint density at radius 2 is 2.00 bits per heavy atom. The first-order chi connectivity index (χ1) is 8.17. The predicted octanol–water partition coefficient (Wildman–Crippen LogP) is 0.700. The van der Waals surface area contributed by atoms with Gasteiger partial charge in [0.05, 0.1) is 6.61 Å². The summed E-state index contributed by atoms with van der Waals surface area (Å²) in [5, 5.41) is 17.6. The highest BCUT2D eigenvalue weighted by Gasteiger charge is 2.18. The number of rotatable bonds is 7. The highest BCUT2D eigenvalue weighted by molar-refractivity contribution is 5.72. The molecule has 0 spiro atoms. The second kappa shape index (κ2) is 6.88. The van der Waals surface area contributed by atoms with Crippen LogP contribution in [0.25, 0.3) is 0 Å². The average Bonchev–Trinajstić information content (AvgIpc) is 2.31. The van der Waals surface area contributed by atoms with Crippen LogP contribution in [0.1, 0.15) is 5.56 Å². The zero-order valence-electron chi connectivity index (χ0n) is 9.63. The van der Waals surface area contributed by atoms with Crippen LogP contribution >= 0.6 is 0 Å². The molecule has 0 aliphatic rings. The maximum Gasteiger partial charge on any atom is 0.347 e. The Balaban J connectivity index is 2.63. The molecule has 94 valence electrons. The van der Waals surface area contributed by atoms with Gasteiger partial charge in [0.2, 0.25) is 6.10 Å². The summed E-state index contributed by atoms with van der Waals surface area (Å²) in [5.41, 5.74) is 0.971. The maximum absolute atomic E-state index is 10.8. The van der Waals surface area contributed by atoms with Gasteiger partial charge in [-0.3, -0.25) is 0 Å². The molecule has 1 aromatic rings. The zero-order valence-corrected chi connectivity index (χ0v) is 9.63. The van der Waals surface area contributed by atoms with Crippen molar-refractivity contribution in [1.82, 2.24) is 0 Å². The molecule has 0 aliphatic heterocycles. The molecule has 0 aromatic heterocycles. The molecule has 1 atom stereocenters. The van der Waals surface area contributed by atoms with Crippen molar-refractivity contribution in [3.63, 3.8) is 0 Å². The van der Waals surface area contributed by atoms with E-state index in [-0.39, 0.29) is 13.2 Å². The number of hydrogen-bond donors (Lipinski definition) is 2. The zero-order chi connectivity index (χ0) is 12.7. The van der Waals surface area contributed by atoms with Gasteiger partial charge in [-0.15, -0.1) is 0 Å². The van der Waals surface area contributed by atoms with E-state index in [1.807, 2.05) is 0 Å². The van der Waals surface area contributed by atoms with Gasteiger partial charge in [-0.25, -0.2) is 4.79 Å². The van der Waals surface area contributed by atoms with Crippen LogP contribution in [0.4, 0.5) is 0 Å². The lowest BCUT2D eigenvalue weighted by Gasteiger charge is -2.14. The van der Waals surface area contributed by atoms with E-state index in [4.69, 9.17) is 19.7 Å². The van der Waals surface area contributed by atoms with Gasteiger partial charge < -0.3 is 19.7 Å². The smallest absolute Gasteiger partial charge is 0.347 e. The molecular weight excluding hydrogens is 224 g/mol. The van der Waals surface area contributed by atoms with Gasteiger partial charge >= 0.3 is 5.97 Å². The molecule has 2 N–H and O–H groups in total. The fourth-order valence-electron chi connectivity index (χ4n) is 1.34. The Labute approximate surface area is 99.6 Å². The van der Waals surface area contributed by atoms with E-state index in [2.05, 4.69) is 0 Å². The first-order valence-electron chi connectivity index (χ1n) is 5.25. The Kier molecular flexibility index (Phi) is 5.45. The molecule has 0 saturated heterocycles. The molecule has 5 nitrogen and oxygen atoms in total. The van der Waals surface area contributed by atoms with Crippen molar-refractivity contribution in [2.24, 2.45) is 0 Å². The van der Waals surface area contributed by atoms with Crippen LogP contribution in [-0.2, 0) is 16.0 Å². The molecule has 1 aromatic carbocycles. The molecular formula is C12H16O5. The molecule has 0 amide bonds. The summed E-state index contributed by atoms with van der Waals surface area (Å²) in [4.78, 5) is 10.8. The third-order valence-corrected chi connectivity index (χ3v) is 2.20. The van der Waals surface area contributed by atoms with Crippen molar-refractivity contribution in [2.45, 2.75) is 12.5 Å².